The molecule has 0 aromatic heterocycles. The second kappa shape index (κ2) is 3.44. The van der Waals surface area contributed by atoms with Crippen LogP contribution in [0.4, 0.5) is 0 Å². The zero-order chi connectivity index (χ0) is 10.3. The largest absolute Gasteiger partial charge is 0.369 e. The Balaban J connectivity index is 2.54. The Labute approximate surface area is 92.0 Å². The first-order chi connectivity index (χ1) is 6.59. The lowest BCUT2D eigenvalue weighted by atomic mass is 10.0. The predicted molar refractivity (Wildman–Crippen MR) is 56.7 cm³/mol. The van der Waals surface area contributed by atoms with E-state index >= 15 is 0 Å². The summed E-state index contributed by atoms with van der Waals surface area (Å²) in [6.07, 6.45) is 1.55. The van der Waals surface area contributed by atoms with E-state index in [1.54, 1.807) is 12.1 Å². The number of fused-ring (bicyclic) bond motifs is 1. The fourth-order valence-corrected chi connectivity index (χ4v) is 2.54. The minimum atomic E-state index is -0.304. The van der Waals surface area contributed by atoms with Gasteiger partial charge in [-0.2, -0.15) is 0 Å². The Hall–Kier alpha value is -0.730. The van der Waals surface area contributed by atoms with Gasteiger partial charge >= 0.3 is 0 Å². The Kier molecular flexibility index (Phi) is 2.41. The zero-order valence-corrected chi connectivity index (χ0v) is 8.90. The molecule has 0 unspecified atom stereocenters. The molecule has 1 atom stereocenters. The van der Waals surface area contributed by atoms with Crippen molar-refractivity contribution < 1.29 is 4.79 Å². The second-order valence-corrected chi connectivity index (χ2v) is 4.29. The van der Waals surface area contributed by atoms with Crippen LogP contribution in [0.2, 0.25) is 10.0 Å². The van der Waals surface area contributed by atoms with Crippen molar-refractivity contribution in [3.63, 3.8) is 0 Å². The highest BCUT2D eigenvalue weighted by molar-refractivity contribution is 6.35. The molecule has 0 heterocycles. The van der Waals surface area contributed by atoms with E-state index in [1.807, 2.05) is 0 Å². The molecule has 2 N–H and O–H groups in total. The smallest absolute Gasteiger partial charge is 0.224 e. The number of carbonyl (C=O) groups excluding carboxylic acids is 1. The Morgan fingerprint density at radius 3 is 2.79 bits per heavy atom. The summed E-state index contributed by atoms with van der Waals surface area (Å²) in [7, 11) is 0. The van der Waals surface area contributed by atoms with Crippen molar-refractivity contribution in [1.82, 2.24) is 0 Å². The van der Waals surface area contributed by atoms with E-state index in [-0.39, 0.29) is 11.8 Å². The normalized spacial score (nSPS) is 19.4. The third-order valence-corrected chi connectivity index (χ3v) is 3.15. The van der Waals surface area contributed by atoms with Gasteiger partial charge in [0.1, 0.15) is 0 Å². The number of rotatable bonds is 1. The fourth-order valence-electron chi connectivity index (χ4n) is 1.94. The van der Waals surface area contributed by atoms with Crippen LogP contribution in [-0.2, 0) is 11.2 Å². The van der Waals surface area contributed by atoms with Crippen LogP contribution in [0.15, 0.2) is 12.1 Å². The molecule has 0 spiro atoms. The summed E-state index contributed by atoms with van der Waals surface area (Å²) in [5, 5.41) is 1.19. The predicted octanol–water partition coefficient (Wildman–Crippen LogP) is 2.51. The van der Waals surface area contributed by atoms with Crippen LogP contribution in [0.1, 0.15) is 23.5 Å². The average molecular weight is 230 g/mol. The van der Waals surface area contributed by atoms with Gasteiger partial charge in [-0.05, 0) is 36.1 Å². The molecular formula is C10H9Cl2NO. The molecule has 0 saturated heterocycles. The third-order valence-electron chi connectivity index (χ3n) is 2.60. The van der Waals surface area contributed by atoms with E-state index < -0.39 is 0 Å². The minimum Gasteiger partial charge on any atom is -0.369 e. The van der Waals surface area contributed by atoms with Gasteiger partial charge < -0.3 is 5.73 Å². The molecule has 1 aliphatic rings. The molecule has 1 amide bonds. The highest BCUT2D eigenvalue weighted by Crippen LogP contribution is 2.38. The van der Waals surface area contributed by atoms with Crippen molar-refractivity contribution >= 4 is 29.1 Å². The number of nitrogens with two attached hydrogens (primary N) is 1. The van der Waals surface area contributed by atoms with Crippen molar-refractivity contribution in [2.24, 2.45) is 5.73 Å². The maximum Gasteiger partial charge on any atom is 0.224 e. The lowest BCUT2D eigenvalue weighted by molar-refractivity contribution is -0.119. The molecule has 0 aliphatic heterocycles. The first-order valence-corrected chi connectivity index (χ1v) is 5.12. The topological polar surface area (TPSA) is 43.1 Å². The number of halogens is 2. The summed E-state index contributed by atoms with van der Waals surface area (Å²) >= 11 is 11.9. The molecule has 0 radical (unpaired) electrons. The first kappa shape index (κ1) is 9.81. The number of benzene rings is 1. The number of hydrogen-bond acceptors (Lipinski definition) is 1. The fraction of sp³-hybridized carbons (Fsp3) is 0.300. The summed E-state index contributed by atoms with van der Waals surface area (Å²) in [6, 6.07) is 3.48. The number of hydrogen-bond donors (Lipinski definition) is 1. The van der Waals surface area contributed by atoms with Crippen molar-refractivity contribution in [3.05, 3.63) is 33.3 Å². The molecule has 1 aromatic rings. The monoisotopic (exact) mass is 229 g/mol. The number of primary amides is 1. The van der Waals surface area contributed by atoms with E-state index in [4.69, 9.17) is 28.9 Å². The van der Waals surface area contributed by atoms with Gasteiger partial charge in [-0.15, -0.1) is 0 Å². The van der Waals surface area contributed by atoms with Crippen molar-refractivity contribution in [2.45, 2.75) is 18.8 Å². The van der Waals surface area contributed by atoms with Crippen LogP contribution in [-0.4, -0.2) is 5.91 Å². The molecule has 4 heteroatoms. The van der Waals surface area contributed by atoms with Gasteiger partial charge in [0, 0.05) is 10.0 Å². The summed E-state index contributed by atoms with van der Waals surface area (Å²) in [6.45, 7) is 0. The van der Waals surface area contributed by atoms with Gasteiger partial charge in [-0.3, -0.25) is 4.79 Å². The van der Waals surface area contributed by atoms with Gasteiger partial charge in [-0.25, -0.2) is 0 Å². The van der Waals surface area contributed by atoms with Crippen LogP contribution in [0, 0.1) is 0 Å². The molecule has 0 saturated carbocycles. The SMILES string of the molecule is NC(=O)[C@H]1CCc2c(Cl)cc(Cl)cc21. The molecule has 2 nitrogen and oxygen atoms in total. The average Bonchev–Trinajstić information content (AvgIpc) is 2.47. The van der Waals surface area contributed by atoms with Crippen LogP contribution in [0.25, 0.3) is 0 Å². The summed E-state index contributed by atoms with van der Waals surface area (Å²) in [4.78, 5) is 11.1. The van der Waals surface area contributed by atoms with Crippen LogP contribution in [0.5, 0.6) is 0 Å². The van der Waals surface area contributed by atoms with E-state index in [2.05, 4.69) is 0 Å². The molecule has 1 aliphatic carbocycles. The molecule has 1 aromatic carbocycles. The van der Waals surface area contributed by atoms with Crippen molar-refractivity contribution in [1.29, 1.82) is 0 Å². The summed E-state index contributed by atoms with van der Waals surface area (Å²) in [5.41, 5.74) is 7.20. The van der Waals surface area contributed by atoms with E-state index in [9.17, 15) is 4.79 Å². The second-order valence-electron chi connectivity index (χ2n) is 3.45. The molecule has 0 fully saturated rings. The third kappa shape index (κ3) is 1.49. The zero-order valence-electron chi connectivity index (χ0n) is 7.39. The van der Waals surface area contributed by atoms with E-state index in [0.29, 0.717) is 10.0 Å². The summed E-state index contributed by atoms with van der Waals surface area (Å²) in [5.74, 6) is -0.525. The minimum absolute atomic E-state index is 0.221. The lowest BCUT2D eigenvalue weighted by Crippen LogP contribution is -2.19. The molecule has 0 bridgehead atoms. The maximum atomic E-state index is 11.1. The van der Waals surface area contributed by atoms with Crippen LogP contribution in [0.3, 0.4) is 0 Å². The molecule has 2 rings (SSSR count). The Morgan fingerprint density at radius 2 is 2.14 bits per heavy atom. The summed E-state index contributed by atoms with van der Waals surface area (Å²) < 4.78 is 0. The standard InChI is InChI=1S/C10H9Cl2NO/c11-5-3-8-6(9(12)4-5)1-2-7(8)10(13)14/h3-4,7H,1-2H2,(H2,13,14)/t7-/m0/s1. The molecule has 14 heavy (non-hydrogen) atoms. The maximum absolute atomic E-state index is 11.1. The van der Waals surface area contributed by atoms with E-state index in [0.717, 1.165) is 24.0 Å². The molecule has 74 valence electrons. The van der Waals surface area contributed by atoms with Gasteiger partial charge in [0.25, 0.3) is 0 Å². The van der Waals surface area contributed by atoms with Gasteiger partial charge in [0.2, 0.25) is 5.91 Å². The molecular weight excluding hydrogens is 221 g/mol. The van der Waals surface area contributed by atoms with E-state index in [1.165, 1.54) is 0 Å². The number of carbonyl (C=O) groups is 1. The highest BCUT2D eigenvalue weighted by Gasteiger charge is 2.28. The van der Waals surface area contributed by atoms with Crippen LogP contribution >= 0.6 is 23.2 Å². The Morgan fingerprint density at radius 1 is 1.43 bits per heavy atom. The van der Waals surface area contributed by atoms with Gasteiger partial charge in [0.15, 0.2) is 0 Å². The van der Waals surface area contributed by atoms with Gasteiger partial charge in [0.05, 0.1) is 5.92 Å². The van der Waals surface area contributed by atoms with Crippen molar-refractivity contribution in [2.75, 3.05) is 0 Å². The first-order valence-electron chi connectivity index (χ1n) is 4.36. The lowest BCUT2D eigenvalue weighted by Gasteiger charge is -2.07. The quantitative estimate of drug-likeness (QED) is 0.791. The number of amides is 1. The van der Waals surface area contributed by atoms with Crippen molar-refractivity contribution in [3.8, 4) is 0 Å². The Bertz CT molecular complexity index is 403. The van der Waals surface area contributed by atoms with Crippen LogP contribution < -0.4 is 5.73 Å². The highest BCUT2D eigenvalue weighted by atomic mass is 35.5. The van der Waals surface area contributed by atoms with Gasteiger partial charge in [-0.1, -0.05) is 23.2 Å².